The number of carbonyl (C=O) groups excluding carboxylic acids is 1. The second-order valence-corrected chi connectivity index (χ2v) is 4.93. The highest BCUT2D eigenvalue weighted by atomic mass is 16.2. The summed E-state index contributed by atoms with van der Waals surface area (Å²) in [5.41, 5.74) is 0. The van der Waals surface area contributed by atoms with Gasteiger partial charge in [-0.05, 0) is 38.3 Å². The van der Waals surface area contributed by atoms with E-state index >= 15 is 0 Å². The lowest BCUT2D eigenvalue weighted by Gasteiger charge is -2.18. The summed E-state index contributed by atoms with van der Waals surface area (Å²) >= 11 is 0. The maximum absolute atomic E-state index is 11.8. The Bertz CT molecular complexity index is 238. The lowest BCUT2D eigenvalue weighted by molar-refractivity contribution is 0.206. The van der Waals surface area contributed by atoms with Crippen LogP contribution in [0.25, 0.3) is 0 Å². The smallest absolute Gasteiger partial charge is 0.317 e. The van der Waals surface area contributed by atoms with E-state index in [-0.39, 0.29) is 6.03 Å². The number of nitrogens with one attached hydrogen (secondary N) is 1. The predicted molar refractivity (Wildman–Crippen MR) is 64.4 cm³/mol. The molecule has 4 heteroatoms. The van der Waals surface area contributed by atoms with Crippen LogP contribution in [0, 0.1) is 5.92 Å². The Balaban J connectivity index is 1.65. The summed E-state index contributed by atoms with van der Waals surface area (Å²) < 4.78 is 0. The van der Waals surface area contributed by atoms with E-state index in [9.17, 15) is 4.79 Å². The molecule has 1 unspecified atom stereocenters. The molecule has 2 saturated heterocycles. The lowest BCUT2D eigenvalue weighted by Crippen LogP contribution is -2.40. The monoisotopic (exact) mass is 225 g/mol. The third-order valence-electron chi connectivity index (χ3n) is 3.75. The van der Waals surface area contributed by atoms with Gasteiger partial charge in [0.05, 0.1) is 0 Å². The minimum absolute atomic E-state index is 0.146. The molecule has 16 heavy (non-hydrogen) atoms. The van der Waals surface area contributed by atoms with Crippen molar-refractivity contribution >= 4 is 6.03 Å². The summed E-state index contributed by atoms with van der Waals surface area (Å²) in [5, 5.41) is 3.07. The summed E-state index contributed by atoms with van der Waals surface area (Å²) in [7, 11) is 0. The molecule has 0 saturated carbocycles. The van der Waals surface area contributed by atoms with Crippen LogP contribution in [0.5, 0.6) is 0 Å². The van der Waals surface area contributed by atoms with Crippen molar-refractivity contribution in [3.05, 3.63) is 0 Å². The molecule has 0 aliphatic carbocycles. The van der Waals surface area contributed by atoms with E-state index in [0.29, 0.717) is 5.92 Å². The summed E-state index contributed by atoms with van der Waals surface area (Å²) in [4.78, 5) is 16.1. The molecule has 2 rings (SSSR count). The van der Waals surface area contributed by atoms with Crippen molar-refractivity contribution < 1.29 is 4.79 Å². The van der Waals surface area contributed by atoms with E-state index in [4.69, 9.17) is 0 Å². The molecule has 2 amide bonds. The van der Waals surface area contributed by atoms with Gasteiger partial charge in [-0.3, -0.25) is 0 Å². The van der Waals surface area contributed by atoms with Crippen LogP contribution in [-0.2, 0) is 0 Å². The van der Waals surface area contributed by atoms with Gasteiger partial charge in [0.2, 0.25) is 0 Å². The van der Waals surface area contributed by atoms with Crippen LogP contribution in [0.1, 0.15) is 26.2 Å². The first-order valence-corrected chi connectivity index (χ1v) is 6.54. The van der Waals surface area contributed by atoms with Gasteiger partial charge in [0, 0.05) is 26.2 Å². The second-order valence-electron chi connectivity index (χ2n) is 4.93. The first kappa shape index (κ1) is 11.7. The zero-order chi connectivity index (χ0) is 11.4. The van der Waals surface area contributed by atoms with Crippen molar-refractivity contribution in [1.29, 1.82) is 0 Å². The van der Waals surface area contributed by atoms with Crippen LogP contribution < -0.4 is 5.32 Å². The van der Waals surface area contributed by atoms with Crippen molar-refractivity contribution in [2.24, 2.45) is 5.92 Å². The third kappa shape index (κ3) is 2.88. The SMILES string of the molecule is CCN1CCC(CNC(=O)N2CCCC2)C1. The fourth-order valence-electron chi connectivity index (χ4n) is 2.63. The minimum Gasteiger partial charge on any atom is -0.338 e. The quantitative estimate of drug-likeness (QED) is 0.781. The number of rotatable bonds is 3. The molecule has 0 aromatic rings. The first-order valence-electron chi connectivity index (χ1n) is 6.54. The molecular weight excluding hydrogens is 202 g/mol. The highest BCUT2D eigenvalue weighted by Crippen LogP contribution is 2.15. The number of hydrogen-bond donors (Lipinski definition) is 1. The molecule has 4 nitrogen and oxygen atoms in total. The van der Waals surface area contributed by atoms with Crippen molar-refractivity contribution in [2.75, 3.05) is 39.3 Å². The number of urea groups is 1. The van der Waals surface area contributed by atoms with Crippen molar-refractivity contribution in [3.8, 4) is 0 Å². The Morgan fingerprint density at radius 1 is 1.31 bits per heavy atom. The molecule has 0 bridgehead atoms. The molecule has 0 radical (unpaired) electrons. The summed E-state index contributed by atoms with van der Waals surface area (Å²) in [6, 6.07) is 0.146. The molecule has 2 aliphatic rings. The maximum Gasteiger partial charge on any atom is 0.317 e. The van der Waals surface area contributed by atoms with Gasteiger partial charge >= 0.3 is 6.03 Å². The van der Waals surface area contributed by atoms with E-state index in [1.807, 2.05) is 4.90 Å². The van der Waals surface area contributed by atoms with Crippen LogP contribution in [-0.4, -0.2) is 55.1 Å². The number of hydrogen-bond acceptors (Lipinski definition) is 2. The molecule has 2 fully saturated rings. The number of nitrogens with zero attached hydrogens (tertiary/aromatic N) is 2. The average molecular weight is 225 g/mol. The van der Waals surface area contributed by atoms with Crippen molar-refractivity contribution in [1.82, 2.24) is 15.1 Å². The molecule has 92 valence electrons. The van der Waals surface area contributed by atoms with Crippen LogP contribution >= 0.6 is 0 Å². The Morgan fingerprint density at radius 2 is 2.06 bits per heavy atom. The molecule has 1 N–H and O–H groups in total. The standard InChI is InChI=1S/C12H23N3O/c1-2-14-8-5-11(10-14)9-13-12(16)15-6-3-4-7-15/h11H,2-10H2,1H3,(H,13,16). The van der Waals surface area contributed by atoms with Gasteiger partial charge in [-0.25, -0.2) is 4.79 Å². The molecule has 2 heterocycles. The Morgan fingerprint density at radius 3 is 2.69 bits per heavy atom. The topological polar surface area (TPSA) is 35.6 Å². The molecule has 0 spiro atoms. The number of carbonyl (C=O) groups is 1. The lowest BCUT2D eigenvalue weighted by atomic mass is 10.1. The fourth-order valence-corrected chi connectivity index (χ4v) is 2.63. The predicted octanol–water partition coefficient (Wildman–Crippen LogP) is 1.13. The Labute approximate surface area is 98.0 Å². The molecule has 2 aliphatic heterocycles. The van der Waals surface area contributed by atoms with Crippen LogP contribution in [0.15, 0.2) is 0 Å². The average Bonchev–Trinajstić information content (AvgIpc) is 2.96. The Kier molecular flexibility index (Phi) is 4.04. The van der Waals surface area contributed by atoms with Gasteiger partial charge in [-0.2, -0.15) is 0 Å². The van der Waals surface area contributed by atoms with Gasteiger partial charge in [-0.1, -0.05) is 6.92 Å². The largest absolute Gasteiger partial charge is 0.338 e. The van der Waals surface area contributed by atoms with Crippen LogP contribution in [0.4, 0.5) is 4.79 Å². The zero-order valence-electron chi connectivity index (χ0n) is 10.2. The van der Waals surface area contributed by atoms with Gasteiger partial charge in [0.1, 0.15) is 0 Å². The zero-order valence-corrected chi connectivity index (χ0v) is 10.2. The number of amides is 2. The molecule has 0 aromatic heterocycles. The highest BCUT2D eigenvalue weighted by Gasteiger charge is 2.23. The van der Waals surface area contributed by atoms with Gasteiger partial charge < -0.3 is 15.1 Å². The van der Waals surface area contributed by atoms with Crippen molar-refractivity contribution in [3.63, 3.8) is 0 Å². The van der Waals surface area contributed by atoms with E-state index in [1.165, 1.54) is 25.8 Å². The van der Waals surface area contributed by atoms with Crippen molar-refractivity contribution in [2.45, 2.75) is 26.2 Å². The summed E-state index contributed by atoms with van der Waals surface area (Å²) in [5.74, 6) is 0.659. The van der Waals surface area contributed by atoms with Gasteiger partial charge in [0.25, 0.3) is 0 Å². The van der Waals surface area contributed by atoms with Crippen LogP contribution in [0.2, 0.25) is 0 Å². The molecular formula is C12H23N3O. The maximum atomic E-state index is 11.8. The van der Waals surface area contributed by atoms with E-state index in [0.717, 1.165) is 32.7 Å². The Hall–Kier alpha value is -0.770. The third-order valence-corrected chi connectivity index (χ3v) is 3.75. The number of likely N-dealkylation sites (tertiary alicyclic amines) is 2. The van der Waals surface area contributed by atoms with E-state index in [2.05, 4.69) is 17.1 Å². The summed E-state index contributed by atoms with van der Waals surface area (Å²) in [6.07, 6.45) is 3.56. The normalized spacial score (nSPS) is 26.3. The van der Waals surface area contributed by atoms with Crippen LogP contribution in [0.3, 0.4) is 0 Å². The van der Waals surface area contributed by atoms with E-state index < -0.39 is 0 Å². The fraction of sp³-hybridized carbons (Fsp3) is 0.917. The molecule has 1 atom stereocenters. The summed E-state index contributed by atoms with van der Waals surface area (Å²) in [6.45, 7) is 8.42. The van der Waals surface area contributed by atoms with E-state index in [1.54, 1.807) is 0 Å². The molecule has 0 aromatic carbocycles. The highest BCUT2D eigenvalue weighted by molar-refractivity contribution is 5.74. The van der Waals surface area contributed by atoms with Gasteiger partial charge in [0.15, 0.2) is 0 Å². The van der Waals surface area contributed by atoms with Gasteiger partial charge in [-0.15, -0.1) is 0 Å². The first-order chi connectivity index (χ1) is 7.79. The minimum atomic E-state index is 0.146. The second kappa shape index (κ2) is 5.53.